The predicted octanol–water partition coefficient (Wildman–Crippen LogP) is 1.26. The maximum absolute atomic E-state index is 4.33. The number of nitrogens with zero attached hydrogens (tertiary/aromatic N) is 4. The Morgan fingerprint density at radius 1 is 1.19 bits per heavy atom. The van der Waals surface area contributed by atoms with E-state index < -0.39 is 0 Å². The van der Waals surface area contributed by atoms with E-state index in [1.54, 1.807) is 0 Å². The number of hydrogen-bond acceptors (Lipinski definition) is 4. The van der Waals surface area contributed by atoms with E-state index in [4.69, 9.17) is 0 Å². The Hall–Kier alpha value is -0.910. The van der Waals surface area contributed by atoms with E-state index in [2.05, 4.69) is 38.6 Å². The van der Waals surface area contributed by atoms with Gasteiger partial charge in [-0.1, -0.05) is 0 Å². The van der Waals surface area contributed by atoms with Gasteiger partial charge in [0.2, 0.25) is 0 Å². The topological polar surface area (TPSA) is 38.4 Å². The van der Waals surface area contributed by atoms with Crippen molar-refractivity contribution in [3.05, 3.63) is 18.2 Å². The molecule has 0 spiro atoms. The SMILES string of the molecule is C[C@@H](C1CCN(Cc2ncc[nH]2)CC1)N1CCN(C)CC1. The number of likely N-dealkylation sites (tertiary alicyclic amines) is 1. The smallest absolute Gasteiger partial charge is 0.120 e. The summed E-state index contributed by atoms with van der Waals surface area (Å²) >= 11 is 0. The van der Waals surface area contributed by atoms with E-state index >= 15 is 0 Å². The summed E-state index contributed by atoms with van der Waals surface area (Å²) in [5.74, 6) is 1.96. The number of piperazine rings is 1. The van der Waals surface area contributed by atoms with Crippen LogP contribution in [-0.2, 0) is 6.54 Å². The van der Waals surface area contributed by atoms with Crippen molar-refractivity contribution < 1.29 is 0 Å². The van der Waals surface area contributed by atoms with E-state index in [1.807, 2.05) is 12.4 Å². The lowest BCUT2D eigenvalue weighted by Crippen LogP contribution is -2.51. The number of likely N-dealkylation sites (N-methyl/N-ethyl adjacent to an activating group) is 1. The largest absolute Gasteiger partial charge is 0.348 e. The fraction of sp³-hybridized carbons (Fsp3) is 0.812. The molecule has 0 bridgehead atoms. The highest BCUT2D eigenvalue weighted by Crippen LogP contribution is 2.25. The first-order chi connectivity index (χ1) is 10.2. The Morgan fingerprint density at radius 2 is 1.90 bits per heavy atom. The summed E-state index contributed by atoms with van der Waals surface area (Å²) in [5, 5.41) is 0. The van der Waals surface area contributed by atoms with Crippen molar-refractivity contribution in [3.8, 4) is 0 Å². The van der Waals surface area contributed by atoms with Gasteiger partial charge in [0, 0.05) is 44.6 Å². The number of aromatic amines is 1. The molecule has 0 aliphatic carbocycles. The van der Waals surface area contributed by atoms with Crippen molar-refractivity contribution in [2.75, 3.05) is 46.3 Å². The van der Waals surface area contributed by atoms with Crippen molar-refractivity contribution >= 4 is 0 Å². The van der Waals surface area contributed by atoms with Gasteiger partial charge in [-0.15, -0.1) is 0 Å². The Kier molecular flexibility index (Phi) is 4.93. The van der Waals surface area contributed by atoms with Gasteiger partial charge < -0.3 is 9.88 Å². The molecule has 3 rings (SSSR count). The van der Waals surface area contributed by atoms with Crippen molar-refractivity contribution in [2.45, 2.75) is 32.4 Å². The minimum Gasteiger partial charge on any atom is -0.348 e. The number of nitrogens with one attached hydrogen (secondary N) is 1. The maximum atomic E-state index is 4.33. The molecule has 2 saturated heterocycles. The Labute approximate surface area is 128 Å². The summed E-state index contributed by atoms with van der Waals surface area (Å²) in [5.41, 5.74) is 0. The molecular formula is C16H29N5. The molecule has 118 valence electrons. The molecule has 0 aromatic carbocycles. The molecule has 0 radical (unpaired) electrons. The first-order valence-electron chi connectivity index (χ1n) is 8.35. The number of imidazole rings is 1. The summed E-state index contributed by atoms with van der Waals surface area (Å²) in [6.07, 6.45) is 6.41. The first-order valence-corrected chi connectivity index (χ1v) is 8.35. The molecule has 2 aliphatic rings. The zero-order valence-corrected chi connectivity index (χ0v) is 13.5. The third kappa shape index (κ3) is 3.84. The minimum atomic E-state index is 0.740. The van der Waals surface area contributed by atoms with Crippen LogP contribution in [0, 0.1) is 5.92 Å². The summed E-state index contributed by atoms with van der Waals surface area (Å²) in [6.45, 7) is 10.8. The number of piperidine rings is 1. The normalized spacial score (nSPS) is 25.2. The maximum Gasteiger partial charge on any atom is 0.120 e. The van der Waals surface area contributed by atoms with Gasteiger partial charge in [-0.3, -0.25) is 9.80 Å². The highest BCUT2D eigenvalue weighted by Gasteiger charge is 2.29. The van der Waals surface area contributed by atoms with Crippen LogP contribution in [0.15, 0.2) is 12.4 Å². The molecule has 1 aromatic rings. The lowest BCUT2D eigenvalue weighted by Gasteiger charge is -2.42. The average molecular weight is 291 g/mol. The van der Waals surface area contributed by atoms with E-state index in [0.29, 0.717) is 0 Å². The van der Waals surface area contributed by atoms with Crippen LogP contribution >= 0.6 is 0 Å². The highest BCUT2D eigenvalue weighted by molar-refractivity contribution is 4.89. The Morgan fingerprint density at radius 3 is 2.52 bits per heavy atom. The number of hydrogen-bond donors (Lipinski definition) is 1. The van der Waals surface area contributed by atoms with Crippen LogP contribution in [0.2, 0.25) is 0 Å². The second-order valence-electron chi connectivity index (χ2n) is 6.73. The monoisotopic (exact) mass is 291 g/mol. The molecule has 2 fully saturated rings. The van der Waals surface area contributed by atoms with Crippen molar-refractivity contribution in [1.82, 2.24) is 24.7 Å². The molecule has 2 aliphatic heterocycles. The van der Waals surface area contributed by atoms with E-state index in [9.17, 15) is 0 Å². The molecule has 0 saturated carbocycles. The molecular weight excluding hydrogens is 262 g/mol. The van der Waals surface area contributed by atoms with Crippen LogP contribution in [0.5, 0.6) is 0 Å². The number of rotatable bonds is 4. The quantitative estimate of drug-likeness (QED) is 0.906. The summed E-state index contributed by atoms with van der Waals surface area (Å²) < 4.78 is 0. The van der Waals surface area contributed by atoms with Crippen LogP contribution in [-0.4, -0.2) is 77.0 Å². The van der Waals surface area contributed by atoms with Gasteiger partial charge in [-0.25, -0.2) is 4.98 Å². The van der Waals surface area contributed by atoms with E-state index in [0.717, 1.165) is 24.3 Å². The third-order valence-electron chi connectivity index (χ3n) is 5.36. The molecule has 5 heteroatoms. The summed E-state index contributed by atoms with van der Waals surface area (Å²) in [7, 11) is 2.23. The molecule has 3 heterocycles. The van der Waals surface area contributed by atoms with Gasteiger partial charge in [0.1, 0.15) is 5.82 Å². The fourth-order valence-electron chi connectivity index (χ4n) is 3.72. The van der Waals surface area contributed by atoms with Crippen LogP contribution in [0.4, 0.5) is 0 Å². The van der Waals surface area contributed by atoms with Crippen molar-refractivity contribution in [2.24, 2.45) is 5.92 Å². The molecule has 1 N–H and O–H groups in total. The predicted molar refractivity (Wildman–Crippen MR) is 85.1 cm³/mol. The van der Waals surface area contributed by atoms with Gasteiger partial charge in [0.25, 0.3) is 0 Å². The van der Waals surface area contributed by atoms with Gasteiger partial charge in [-0.05, 0) is 45.8 Å². The van der Waals surface area contributed by atoms with Gasteiger partial charge in [0.15, 0.2) is 0 Å². The second-order valence-corrected chi connectivity index (χ2v) is 6.73. The summed E-state index contributed by atoms with van der Waals surface area (Å²) in [6, 6.07) is 0.740. The van der Waals surface area contributed by atoms with Gasteiger partial charge >= 0.3 is 0 Å². The molecule has 5 nitrogen and oxygen atoms in total. The van der Waals surface area contributed by atoms with E-state index in [1.165, 1.54) is 52.1 Å². The second kappa shape index (κ2) is 6.90. The van der Waals surface area contributed by atoms with Crippen molar-refractivity contribution in [3.63, 3.8) is 0 Å². The van der Waals surface area contributed by atoms with Gasteiger partial charge in [-0.2, -0.15) is 0 Å². The fourth-order valence-corrected chi connectivity index (χ4v) is 3.72. The van der Waals surface area contributed by atoms with Crippen LogP contribution in [0.1, 0.15) is 25.6 Å². The number of H-pyrrole nitrogens is 1. The molecule has 1 aromatic heterocycles. The molecule has 0 unspecified atom stereocenters. The Bertz CT molecular complexity index is 402. The third-order valence-corrected chi connectivity index (χ3v) is 5.36. The summed E-state index contributed by atoms with van der Waals surface area (Å²) in [4.78, 5) is 15.2. The van der Waals surface area contributed by atoms with Crippen molar-refractivity contribution in [1.29, 1.82) is 0 Å². The standard InChI is InChI=1S/C16H29N5/c1-14(21-11-9-19(2)10-12-21)15-3-7-20(8-4-15)13-16-17-5-6-18-16/h5-6,14-15H,3-4,7-13H2,1-2H3,(H,17,18)/t14-/m0/s1. The molecule has 1 atom stereocenters. The van der Waals surface area contributed by atoms with Crippen LogP contribution in [0.25, 0.3) is 0 Å². The Balaban J connectivity index is 1.44. The van der Waals surface area contributed by atoms with Gasteiger partial charge in [0.05, 0.1) is 6.54 Å². The van der Waals surface area contributed by atoms with Crippen LogP contribution in [0.3, 0.4) is 0 Å². The molecule has 21 heavy (non-hydrogen) atoms. The zero-order chi connectivity index (χ0) is 14.7. The minimum absolute atomic E-state index is 0.740. The van der Waals surface area contributed by atoms with Crippen LogP contribution < -0.4 is 0 Å². The first kappa shape index (κ1) is 15.0. The average Bonchev–Trinajstić information content (AvgIpc) is 3.01. The number of aromatic nitrogens is 2. The highest BCUT2D eigenvalue weighted by atomic mass is 15.3. The lowest BCUT2D eigenvalue weighted by atomic mass is 9.89. The van der Waals surface area contributed by atoms with E-state index in [-0.39, 0.29) is 0 Å². The molecule has 0 amide bonds. The lowest BCUT2D eigenvalue weighted by molar-refractivity contribution is 0.0594. The zero-order valence-electron chi connectivity index (χ0n) is 13.5.